The number of allylic oxidation sites excluding steroid dienone is 1. The highest BCUT2D eigenvalue weighted by molar-refractivity contribution is 5.80. The lowest BCUT2D eigenvalue weighted by atomic mass is 9.87. The first-order valence-corrected chi connectivity index (χ1v) is 12.7. The number of carbonyl (C=O) groups excluding carboxylic acids is 2. The zero-order valence-electron chi connectivity index (χ0n) is 20.8. The monoisotopic (exact) mass is 475 g/mol. The van der Waals surface area contributed by atoms with Gasteiger partial charge in [-0.2, -0.15) is 15.5 Å². The van der Waals surface area contributed by atoms with Gasteiger partial charge in [-0.3, -0.25) is 9.59 Å². The predicted molar refractivity (Wildman–Crippen MR) is 130 cm³/mol. The third-order valence-electron chi connectivity index (χ3n) is 8.05. The van der Waals surface area contributed by atoms with Crippen molar-refractivity contribution in [2.75, 3.05) is 39.3 Å². The summed E-state index contributed by atoms with van der Waals surface area (Å²) in [6.45, 7) is 9.49. The molecular weight excluding hydrogens is 442 g/mol. The molecule has 0 spiro atoms. The summed E-state index contributed by atoms with van der Waals surface area (Å²) in [5, 5.41) is 17.7. The largest absolute Gasteiger partial charge is 0.483 e. The summed E-state index contributed by atoms with van der Waals surface area (Å²) in [5.41, 5.74) is 4.76. The molecule has 2 fully saturated rings. The van der Waals surface area contributed by atoms with Crippen LogP contribution in [0.15, 0.2) is 33.6 Å². The summed E-state index contributed by atoms with van der Waals surface area (Å²) in [4.78, 5) is 30.0. The molecule has 184 valence electrons. The zero-order valence-corrected chi connectivity index (χ0v) is 20.8. The van der Waals surface area contributed by atoms with Crippen LogP contribution in [0.4, 0.5) is 0 Å². The Hall–Kier alpha value is -3.21. The molecule has 2 amide bonds. The first-order chi connectivity index (χ1) is 16.8. The molecule has 1 aromatic carbocycles. The maximum atomic E-state index is 13.2. The Morgan fingerprint density at radius 3 is 2.57 bits per heavy atom. The van der Waals surface area contributed by atoms with Crippen molar-refractivity contribution in [3.8, 4) is 11.8 Å². The number of rotatable bonds is 5. The van der Waals surface area contributed by atoms with Crippen molar-refractivity contribution in [3.05, 3.63) is 40.1 Å². The molecule has 1 aromatic rings. The van der Waals surface area contributed by atoms with Crippen molar-refractivity contribution in [1.82, 2.24) is 9.80 Å². The van der Waals surface area contributed by atoms with E-state index in [-0.39, 0.29) is 30.3 Å². The van der Waals surface area contributed by atoms with Gasteiger partial charge in [0.25, 0.3) is 5.91 Å². The van der Waals surface area contributed by atoms with Crippen molar-refractivity contribution < 1.29 is 14.3 Å². The lowest BCUT2D eigenvalue weighted by Gasteiger charge is -2.28. The fraction of sp³-hybridized carbons (Fsp3) is 0.593. The molecule has 8 nitrogen and oxygen atoms in total. The molecule has 3 aliphatic heterocycles. The number of likely N-dealkylation sites (tertiary alicyclic amines) is 2. The maximum absolute atomic E-state index is 13.2. The van der Waals surface area contributed by atoms with E-state index in [2.05, 4.69) is 30.1 Å². The Kier molecular flexibility index (Phi) is 6.35. The number of ether oxygens (including phenoxy) is 1. The Morgan fingerprint density at radius 2 is 1.89 bits per heavy atom. The van der Waals surface area contributed by atoms with Gasteiger partial charge in [-0.1, -0.05) is 13.8 Å². The Balaban J connectivity index is 1.14. The summed E-state index contributed by atoms with van der Waals surface area (Å²) in [5.74, 6) is 1.76. The number of amides is 2. The molecular formula is C27H33N5O3. The minimum atomic E-state index is -0.0210. The summed E-state index contributed by atoms with van der Waals surface area (Å²) >= 11 is 0. The van der Waals surface area contributed by atoms with Gasteiger partial charge in [0.2, 0.25) is 5.91 Å². The van der Waals surface area contributed by atoms with E-state index in [1.807, 2.05) is 28.9 Å². The highest BCUT2D eigenvalue weighted by Crippen LogP contribution is 2.37. The molecule has 2 saturated heterocycles. The number of benzene rings is 1. The van der Waals surface area contributed by atoms with Gasteiger partial charge in [-0.25, -0.2) is 0 Å². The SMILES string of the molecule is Cc1cc(OCC(=O)N2C[C@@H]3CN(C(=O)[C@@H]4CCC5=C(C4)N=NC5)C[C@H]3C2)c(C(C)C)cc1C#N. The van der Waals surface area contributed by atoms with Crippen molar-refractivity contribution in [3.63, 3.8) is 0 Å². The molecule has 5 rings (SSSR count). The number of hydrogen-bond acceptors (Lipinski definition) is 6. The van der Waals surface area contributed by atoms with Crippen LogP contribution in [0.1, 0.15) is 55.7 Å². The number of nitriles is 1. The molecule has 0 aromatic heterocycles. The van der Waals surface area contributed by atoms with Crippen LogP contribution in [0.3, 0.4) is 0 Å². The van der Waals surface area contributed by atoms with Gasteiger partial charge >= 0.3 is 0 Å². The number of azo groups is 1. The average molecular weight is 476 g/mol. The lowest BCUT2D eigenvalue weighted by Crippen LogP contribution is -2.40. The molecule has 0 saturated carbocycles. The zero-order chi connectivity index (χ0) is 24.7. The number of fused-ring (bicyclic) bond motifs is 1. The van der Waals surface area contributed by atoms with Gasteiger partial charge in [-0.05, 0) is 54.5 Å². The first kappa shape index (κ1) is 23.5. The highest BCUT2D eigenvalue weighted by Gasteiger charge is 2.44. The van der Waals surface area contributed by atoms with Crippen LogP contribution < -0.4 is 4.74 Å². The van der Waals surface area contributed by atoms with E-state index in [1.54, 1.807) is 0 Å². The normalized spacial score (nSPS) is 25.2. The van der Waals surface area contributed by atoms with E-state index >= 15 is 0 Å². The minimum Gasteiger partial charge on any atom is -0.483 e. The van der Waals surface area contributed by atoms with Gasteiger partial charge in [0.15, 0.2) is 6.61 Å². The molecule has 0 bridgehead atoms. The summed E-state index contributed by atoms with van der Waals surface area (Å²) in [6.07, 6.45) is 2.54. The minimum absolute atomic E-state index is 0.0127. The fourth-order valence-corrected chi connectivity index (χ4v) is 5.93. The van der Waals surface area contributed by atoms with Crippen LogP contribution in [-0.4, -0.2) is 60.9 Å². The van der Waals surface area contributed by atoms with Crippen LogP contribution in [-0.2, 0) is 9.59 Å². The molecule has 8 heteroatoms. The Bertz CT molecular complexity index is 1130. The van der Waals surface area contributed by atoms with Crippen molar-refractivity contribution in [2.45, 2.75) is 46.0 Å². The molecule has 3 atom stereocenters. The molecule has 35 heavy (non-hydrogen) atoms. The predicted octanol–water partition coefficient (Wildman–Crippen LogP) is 3.81. The molecule has 0 N–H and O–H groups in total. The quantitative estimate of drug-likeness (QED) is 0.647. The maximum Gasteiger partial charge on any atom is 0.260 e. The van der Waals surface area contributed by atoms with E-state index in [9.17, 15) is 14.9 Å². The molecule has 1 aliphatic carbocycles. The van der Waals surface area contributed by atoms with E-state index in [0.717, 1.165) is 49.2 Å². The fourth-order valence-electron chi connectivity index (χ4n) is 5.93. The Labute approximate surface area is 206 Å². The first-order valence-electron chi connectivity index (χ1n) is 12.7. The molecule has 0 unspecified atom stereocenters. The lowest BCUT2D eigenvalue weighted by molar-refractivity contribution is -0.135. The molecule has 4 aliphatic rings. The number of hydrogen-bond donors (Lipinski definition) is 0. The van der Waals surface area contributed by atoms with Gasteiger partial charge in [0.05, 0.1) is 23.9 Å². The van der Waals surface area contributed by atoms with E-state index < -0.39 is 0 Å². The summed E-state index contributed by atoms with van der Waals surface area (Å²) < 4.78 is 5.96. The average Bonchev–Trinajstić information content (AvgIpc) is 3.56. The second kappa shape index (κ2) is 9.44. The summed E-state index contributed by atoms with van der Waals surface area (Å²) in [7, 11) is 0. The molecule has 3 heterocycles. The highest BCUT2D eigenvalue weighted by atomic mass is 16.5. The van der Waals surface area contributed by atoms with E-state index in [0.29, 0.717) is 42.8 Å². The van der Waals surface area contributed by atoms with Gasteiger partial charge in [-0.15, -0.1) is 0 Å². The van der Waals surface area contributed by atoms with Crippen molar-refractivity contribution in [2.24, 2.45) is 28.0 Å². The van der Waals surface area contributed by atoms with Crippen LogP contribution in [0.5, 0.6) is 5.75 Å². The second-order valence-corrected chi connectivity index (χ2v) is 10.7. The van der Waals surface area contributed by atoms with Crippen LogP contribution in [0.25, 0.3) is 0 Å². The smallest absolute Gasteiger partial charge is 0.260 e. The van der Waals surface area contributed by atoms with Crippen LogP contribution in [0, 0.1) is 36.0 Å². The standard InChI is InChI=1S/C27H33N5O3/c1-16(2)23-7-20(9-28)17(3)6-25(23)35-15-26(33)31-11-21-13-32(14-22(21)12-31)27(34)18-4-5-19-10-29-30-24(19)8-18/h6-7,16,18,21-22H,4-5,8,10-15H2,1-3H3/t18-,21-,22-/m1/s1. The van der Waals surface area contributed by atoms with Gasteiger partial charge in [0, 0.05) is 50.4 Å². The van der Waals surface area contributed by atoms with E-state index in [4.69, 9.17) is 4.74 Å². The third kappa shape index (κ3) is 4.56. The van der Waals surface area contributed by atoms with Gasteiger partial charge in [0.1, 0.15) is 5.75 Å². The Morgan fingerprint density at radius 1 is 1.17 bits per heavy atom. The molecule has 0 radical (unpaired) electrons. The van der Waals surface area contributed by atoms with Gasteiger partial charge < -0.3 is 14.5 Å². The summed E-state index contributed by atoms with van der Waals surface area (Å²) in [6, 6.07) is 5.95. The van der Waals surface area contributed by atoms with Crippen molar-refractivity contribution >= 4 is 11.8 Å². The third-order valence-corrected chi connectivity index (χ3v) is 8.05. The van der Waals surface area contributed by atoms with E-state index in [1.165, 1.54) is 5.57 Å². The van der Waals surface area contributed by atoms with Crippen molar-refractivity contribution in [1.29, 1.82) is 5.26 Å². The van der Waals surface area contributed by atoms with Crippen LogP contribution in [0.2, 0.25) is 0 Å². The van der Waals surface area contributed by atoms with Crippen LogP contribution >= 0.6 is 0 Å². The topological polar surface area (TPSA) is 98.4 Å². The number of carbonyl (C=O) groups is 2. The number of nitrogens with zero attached hydrogens (tertiary/aromatic N) is 5. The second-order valence-electron chi connectivity index (χ2n) is 10.7. The number of aryl methyl sites for hydroxylation is 1.